The minimum Gasteiger partial charge on any atom is -0.337 e. The zero-order chi connectivity index (χ0) is 16.7. The number of benzene rings is 1. The highest BCUT2D eigenvalue weighted by Gasteiger charge is 2.36. The lowest BCUT2D eigenvalue weighted by molar-refractivity contribution is 0.0675. The fourth-order valence-corrected chi connectivity index (χ4v) is 3.87. The molecule has 1 aromatic carbocycles. The van der Waals surface area contributed by atoms with Crippen molar-refractivity contribution in [3.8, 4) is 5.69 Å². The Bertz CT molecular complexity index is 736. The molecule has 0 saturated carbocycles. The summed E-state index contributed by atoms with van der Waals surface area (Å²) in [5.74, 6) is -0.343. The molecule has 0 spiro atoms. The van der Waals surface area contributed by atoms with Gasteiger partial charge in [-0.3, -0.25) is 4.79 Å². The van der Waals surface area contributed by atoms with Crippen molar-refractivity contribution >= 4 is 18.3 Å². The molecule has 2 fully saturated rings. The molecule has 0 radical (unpaired) electrons. The van der Waals surface area contributed by atoms with Crippen molar-refractivity contribution in [1.82, 2.24) is 20.0 Å². The number of nitrogens with one attached hydrogen (secondary N) is 1. The number of rotatable bonds is 3. The van der Waals surface area contributed by atoms with E-state index in [9.17, 15) is 9.18 Å². The molecule has 7 heteroatoms. The fourth-order valence-electron chi connectivity index (χ4n) is 3.87. The maximum atomic E-state index is 13.0. The molecule has 5 nitrogen and oxygen atoms in total. The van der Waals surface area contributed by atoms with Crippen molar-refractivity contribution in [2.45, 2.75) is 43.8 Å². The second-order valence-electron chi connectivity index (χ2n) is 6.80. The summed E-state index contributed by atoms with van der Waals surface area (Å²) in [7, 11) is 1.87. The van der Waals surface area contributed by atoms with Crippen LogP contribution in [0.5, 0.6) is 0 Å². The zero-order valence-electron chi connectivity index (χ0n) is 14.1. The Morgan fingerprint density at radius 2 is 1.84 bits per heavy atom. The summed E-state index contributed by atoms with van der Waals surface area (Å²) in [6.07, 6.45) is 6.18. The van der Waals surface area contributed by atoms with E-state index >= 15 is 0 Å². The van der Waals surface area contributed by atoms with Crippen LogP contribution in [0.15, 0.2) is 36.5 Å². The third-order valence-electron chi connectivity index (χ3n) is 5.22. The maximum Gasteiger partial charge on any atom is 0.274 e. The second kappa shape index (κ2) is 7.14. The number of carbonyl (C=O) groups is 1. The number of halogens is 2. The number of piperidine rings is 1. The van der Waals surface area contributed by atoms with Gasteiger partial charge in [-0.05, 0) is 56.0 Å². The molecule has 2 aromatic rings. The molecule has 25 heavy (non-hydrogen) atoms. The average Bonchev–Trinajstić information content (AvgIpc) is 3.21. The Hall–Kier alpha value is -1.92. The molecule has 1 amide bonds. The highest BCUT2D eigenvalue weighted by atomic mass is 35.5. The minimum absolute atomic E-state index is 0. The van der Waals surface area contributed by atoms with E-state index < -0.39 is 0 Å². The summed E-state index contributed by atoms with van der Waals surface area (Å²) >= 11 is 0. The highest BCUT2D eigenvalue weighted by molar-refractivity contribution is 5.92. The van der Waals surface area contributed by atoms with Crippen LogP contribution in [0, 0.1) is 5.82 Å². The average molecular weight is 365 g/mol. The number of amides is 1. The molecule has 1 N–H and O–H groups in total. The van der Waals surface area contributed by atoms with Gasteiger partial charge in [-0.25, -0.2) is 9.07 Å². The van der Waals surface area contributed by atoms with Crippen molar-refractivity contribution in [3.05, 3.63) is 48.0 Å². The molecular weight excluding hydrogens is 343 g/mol. The lowest BCUT2D eigenvalue weighted by Crippen LogP contribution is -2.48. The fraction of sp³-hybridized carbons (Fsp3) is 0.444. The molecule has 1 aromatic heterocycles. The van der Waals surface area contributed by atoms with Crippen molar-refractivity contribution in [2.75, 3.05) is 7.05 Å². The Balaban J connectivity index is 0.00000182. The van der Waals surface area contributed by atoms with Crippen LogP contribution in [0.2, 0.25) is 0 Å². The van der Waals surface area contributed by atoms with E-state index in [4.69, 9.17) is 0 Å². The summed E-state index contributed by atoms with van der Waals surface area (Å²) in [5, 5.41) is 7.96. The van der Waals surface area contributed by atoms with Crippen LogP contribution >= 0.6 is 12.4 Å². The summed E-state index contributed by atoms with van der Waals surface area (Å²) in [5.41, 5.74) is 1.16. The number of aromatic nitrogens is 2. The molecular formula is C18H22ClFN4O. The molecule has 2 aliphatic heterocycles. The summed E-state index contributed by atoms with van der Waals surface area (Å²) in [6.45, 7) is 0. The van der Waals surface area contributed by atoms with E-state index in [1.807, 2.05) is 11.9 Å². The minimum atomic E-state index is -0.289. The van der Waals surface area contributed by atoms with Gasteiger partial charge in [0, 0.05) is 31.4 Å². The third kappa shape index (κ3) is 3.55. The molecule has 0 aliphatic carbocycles. The first-order valence-electron chi connectivity index (χ1n) is 8.45. The maximum absolute atomic E-state index is 13.0. The summed E-state index contributed by atoms with van der Waals surface area (Å²) in [4.78, 5) is 14.6. The summed E-state index contributed by atoms with van der Waals surface area (Å²) in [6, 6.07) is 9.13. The van der Waals surface area contributed by atoms with Gasteiger partial charge in [-0.15, -0.1) is 12.4 Å². The lowest BCUT2D eigenvalue weighted by Gasteiger charge is -2.35. The number of hydrogen-bond donors (Lipinski definition) is 1. The zero-order valence-corrected chi connectivity index (χ0v) is 14.9. The van der Waals surface area contributed by atoms with Crippen molar-refractivity contribution < 1.29 is 9.18 Å². The normalized spacial score (nSPS) is 24.6. The second-order valence-corrected chi connectivity index (χ2v) is 6.80. The molecule has 4 rings (SSSR count). The lowest BCUT2D eigenvalue weighted by atomic mass is 9.98. The number of nitrogens with zero attached hydrogens (tertiary/aromatic N) is 3. The number of fused-ring (bicyclic) bond motifs is 2. The molecule has 2 atom stereocenters. The van der Waals surface area contributed by atoms with Crippen molar-refractivity contribution in [3.63, 3.8) is 0 Å². The molecule has 134 valence electrons. The third-order valence-corrected chi connectivity index (χ3v) is 5.22. The summed E-state index contributed by atoms with van der Waals surface area (Å²) < 4.78 is 14.6. The Labute approximate surface area is 152 Å². The van der Waals surface area contributed by atoms with Crippen LogP contribution in [0.4, 0.5) is 4.39 Å². The van der Waals surface area contributed by atoms with E-state index in [-0.39, 0.29) is 30.2 Å². The Kier molecular flexibility index (Phi) is 5.11. The number of carbonyl (C=O) groups excluding carboxylic acids is 1. The van der Waals surface area contributed by atoms with Crippen LogP contribution in [0.25, 0.3) is 5.69 Å². The highest BCUT2D eigenvalue weighted by Crippen LogP contribution is 2.29. The Morgan fingerprint density at radius 1 is 1.20 bits per heavy atom. The van der Waals surface area contributed by atoms with Gasteiger partial charge in [0.2, 0.25) is 0 Å². The van der Waals surface area contributed by atoms with E-state index in [1.54, 1.807) is 29.1 Å². The molecule has 2 bridgehead atoms. The molecule has 3 heterocycles. The van der Waals surface area contributed by atoms with Gasteiger partial charge in [0.05, 0.1) is 5.69 Å². The topological polar surface area (TPSA) is 50.2 Å². The van der Waals surface area contributed by atoms with Gasteiger partial charge in [-0.2, -0.15) is 5.10 Å². The van der Waals surface area contributed by atoms with Gasteiger partial charge < -0.3 is 10.2 Å². The first kappa shape index (κ1) is 17.9. The first-order valence-corrected chi connectivity index (χ1v) is 8.45. The van der Waals surface area contributed by atoms with E-state index in [0.29, 0.717) is 17.8 Å². The standard InChI is InChI=1S/C18H21FN4O.ClH/c1-22(16-10-13-4-5-14(11-16)20-13)18(24)17-8-9-23(21-17)15-6-2-12(19)3-7-15;/h2-3,6-9,13-14,16,20H,4-5,10-11H2,1H3;1H. The SMILES string of the molecule is CN(C(=O)c1ccn(-c2ccc(F)cc2)n1)C1CC2CCC(C1)N2.Cl. The largest absolute Gasteiger partial charge is 0.337 e. The molecule has 2 unspecified atom stereocenters. The van der Waals surface area contributed by atoms with Gasteiger partial charge in [-0.1, -0.05) is 0 Å². The van der Waals surface area contributed by atoms with Crippen LogP contribution in [0.1, 0.15) is 36.2 Å². The monoisotopic (exact) mass is 364 g/mol. The van der Waals surface area contributed by atoms with Crippen molar-refractivity contribution in [1.29, 1.82) is 0 Å². The predicted octanol–water partition coefficient (Wildman–Crippen LogP) is 2.79. The van der Waals surface area contributed by atoms with Gasteiger partial charge in [0.15, 0.2) is 5.69 Å². The Morgan fingerprint density at radius 3 is 2.48 bits per heavy atom. The van der Waals surface area contributed by atoms with Crippen LogP contribution < -0.4 is 5.32 Å². The van der Waals surface area contributed by atoms with Gasteiger partial charge >= 0.3 is 0 Å². The number of hydrogen-bond acceptors (Lipinski definition) is 3. The van der Waals surface area contributed by atoms with E-state index in [2.05, 4.69) is 10.4 Å². The van der Waals surface area contributed by atoms with Gasteiger partial charge in [0.25, 0.3) is 5.91 Å². The van der Waals surface area contributed by atoms with Crippen LogP contribution in [-0.4, -0.2) is 45.8 Å². The molecule has 2 saturated heterocycles. The predicted molar refractivity (Wildman–Crippen MR) is 95.8 cm³/mol. The van der Waals surface area contributed by atoms with Crippen LogP contribution in [0.3, 0.4) is 0 Å². The van der Waals surface area contributed by atoms with Gasteiger partial charge in [0.1, 0.15) is 5.82 Å². The van der Waals surface area contributed by atoms with Crippen molar-refractivity contribution in [2.24, 2.45) is 0 Å². The first-order chi connectivity index (χ1) is 11.6. The smallest absolute Gasteiger partial charge is 0.274 e. The quantitative estimate of drug-likeness (QED) is 0.911. The van der Waals surface area contributed by atoms with E-state index in [0.717, 1.165) is 18.5 Å². The van der Waals surface area contributed by atoms with E-state index in [1.165, 1.54) is 25.0 Å². The van der Waals surface area contributed by atoms with Crippen LogP contribution in [-0.2, 0) is 0 Å². The molecule has 2 aliphatic rings.